The minimum atomic E-state index is -0.0861. The topological polar surface area (TPSA) is 35.0 Å². The number of benzene rings is 1. The van der Waals surface area contributed by atoms with E-state index in [2.05, 4.69) is 30.7 Å². The number of methoxy groups -OCH3 is 1. The maximum absolute atomic E-state index is 6.26. The number of nitrogens with zero attached hydrogens (tertiary/aromatic N) is 2. The highest BCUT2D eigenvalue weighted by Gasteiger charge is 2.21. The molecule has 0 fully saturated rings. The van der Waals surface area contributed by atoms with Gasteiger partial charge in [0.15, 0.2) is 0 Å². The summed E-state index contributed by atoms with van der Waals surface area (Å²) in [6.07, 6.45) is 1.56. The van der Waals surface area contributed by atoms with Gasteiger partial charge in [0.25, 0.3) is 0 Å². The van der Waals surface area contributed by atoms with E-state index < -0.39 is 0 Å². The molecule has 0 bridgehead atoms. The van der Waals surface area contributed by atoms with Crippen LogP contribution in [0.25, 0.3) is 10.9 Å². The molecule has 0 saturated carbocycles. The van der Waals surface area contributed by atoms with Crippen molar-refractivity contribution in [3.05, 3.63) is 29.2 Å². The summed E-state index contributed by atoms with van der Waals surface area (Å²) in [5, 5.41) is 1.53. The van der Waals surface area contributed by atoms with Gasteiger partial charge >= 0.3 is 0 Å². The first-order chi connectivity index (χ1) is 7.95. The fourth-order valence-electron chi connectivity index (χ4n) is 1.84. The van der Waals surface area contributed by atoms with Crippen molar-refractivity contribution in [1.82, 2.24) is 9.97 Å². The van der Waals surface area contributed by atoms with Crippen LogP contribution < -0.4 is 4.74 Å². The van der Waals surface area contributed by atoms with Gasteiger partial charge in [0.2, 0.25) is 0 Å². The number of hydrogen-bond donors (Lipinski definition) is 0. The highest BCUT2D eigenvalue weighted by Crippen LogP contribution is 2.35. The molecule has 4 heteroatoms. The third kappa shape index (κ3) is 2.07. The smallest absolute Gasteiger partial charge is 0.145 e. The molecule has 0 spiro atoms. The molecule has 0 amide bonds. The Hall–Kier alpha value is -1.35. The van der Waals surface area contributed by atoms with Gasteiger partial charge in [-0.15, -0.1) is 0 Å². The fourth-order valence-corrected chi connectivity index (χ4v) is 2.09. The Balaban J connectivity index is 2.89. The zero-order valence-electron chi connectivity index (χ0n) is 10.4. The summed E-state index contributed by atoms with van der Waals surface area (Å²) in [5.74, 6) is 0.720. The molecular formula is C13H15ClN2O. The molecule has 0 aliphatic heterocycles. The van der Waals surface area contributed by atoms with Gasteiger partial charge in [-0.1, -0.05) is 32.4 Å². The lowest BCUT2D eigenvalue weighted by Crippen LogP contribution is -2.14. The molecule has 0 aliphatic rings. The van der Waals surface area contributed by atoms with E-state index in [1.54, 1.807) is 13.4 Å². The second-order valence-electron chi connectivity index (χ2n) is 4.95. The first kappa shape index (κ1) is 12.1. The van der Waals surface area contributed by atoms with Crippen LogP contribution in [0.3, 0.4) is 0 Å². The molecule has 0 aliphatic carbocycles. The molecule has 0 N–H and O–H groups in total. The Morgan fingerprint density at radius 3 is 2.47 bits per heavy atom. The number of fused-ring (bicyclic) bond motifs is 1. The van der Waals surface area contributed by atoms with Crippen LogP contribution in [0.15, 0.2) is 18.5 Å². The van der Waals surface area contributed by atoms with E-state index >= 15 is 0 Å². The highest BCUT2D eigenvalue weighted by atomic mass is 35.5. The van der Waals surface area contributed by atoms with Crippen molar-refractivity contribution in [3.63, 3.8) is 0 Å². The van der Waals surface area contributed by atoms with Gasteiger partial charge in [-0.2, -0.15) is 0 Å². The lowest BCUT2D eigenvalue weighted by molar-refractivity contribution is 0.418. The SMILES string of the molecule is COc1ccc(Cl)c2c(C(C)(C)C)ncnc12. The standard InChI is InChI=1S/C13H15ClN2O/c1-13(2,3)12-10-8(14)5-6-9(17-4)11(10)15-7-16-12/h5-7H,1-4H3. The van der Waals surface area contributed by atoms with Crippen LogP contribution in [0.5, 0.6) is 5.75 Å². The normalized spacial score (nSPS) is 11.8. The number of hydrogen-bond acceptors (Lipinski definition) is 3. The largest absolute Gasteiger partial charge is 0.494 e. The molecule has 17 heavy (non-hydrogen) atoms. The predicted octanol–water partition coefficient (Wildman–Crippen LogP) is 3.59. The Morgan fingerprint density at radius 1 is 1.18 bits per heavy atom. The van der Waals surface area contributed by atoms with Gasteiger partial charge < -0.3 is 4.74 Å². The summed E-state index contributed by atoms with van der Waals surface area (Å²) >= 11 is 6.26. The van der Waals surface area contributed by atoms with Crippen LogP contribution in [0.4, 0.5) is 0 Å². The highest BCUT2D eigenvalue weighted by molar-refractivity contribution is 6.35. The van der Waals surface area contributed by atoms with Crippen molar-refractivity contribution in [2.75, 3.05) is 7.11 Å². The quantitative estimate of drug-likeness (QED) is 0.776. The van der Waals surface area contributed by atoms with Gasteiger partial charge in [-0.25, -0.2) is 9.97 Å². The van der Waals surface area contributed by atoms with E-state index in [4.69, 9.17) is 16.3 Å². The maximum Gasteiger partial charge on any atom is 0.145 e. The second kappa shape index (κ2) is 4.15. The number of aromatic nitrogens is 2. The maximum atomic E-state index is 6.26. The van der Waals surface area contributed by atoms with Gasteiger partial charge in [0.1, 0.15) is 17.6 Å². The van der Waals surface area contributed by atoms with E-state index in [1.807, 2.05) is 12.1 Å². The average Bonchev–Trinajstić information content (AvgIpc) is 2.28. The Kier molecular flexibility index (Phi) is 2.96. The van der Waals surface area contributed by atoms with Crippen molar-refractivity contribution in [2.24, 2.45) is 0 Å². The number of ether oxygens (including phenoxy) is 1. The van der Waals surface area contributed by atoms with Crippen molar-refractivity contribution in [1.29, 1.82) is 0 Å². The molecule has 0 radical (unpaired) electrons. The Bertz CT molecular complexity index is 561. The summed E-state index contributed by atoms with van der Waals surface area (Å²) in [6, 6.07) is 3.64. The molecule has 2 aromatic rings. The van der Waals surface area contributed by atoms with Crippen molar-refractivity contribution in [2.45, 2.75) is 26.2 Å². The van der Waals surface area contributed by atoms with Gasteiger partial charge in [0, 0.05) is 10.8 Å². The molecule has 0 unspecified atom stereocenters. The summed E-state index contributed by atoms with van der Waals surface area (Å²) in [6.45, 7) is 6.31. The van der Waals surface area contributed by atoms with Crippen LogP contribution in [0.1, 0.15) is 26.5 Å². The van der Waals surface area contributed by atoms with E-state index in [0.717, 1.165) is 22.3 Å². The molecule has 1 aromatic carbocycles. The Labute approximate surface area is 106 Å². The van der Waals surface area contributed by atoms with Gasteiger partial charge in [-0.3, -0.25) is 0 Å². The predicted molar refractivity (Wildman–Crippen MR) is 69.8 cm³/mol. The minimum absolute atomic E-state index is 0.0861. The van der Waals surface area contributed by atoms with E-state index in [1.165, 1.54) is 0 Å². The van der Waals surface area contributed by atoms with Gasteiger partial charge in [0.05, 0.1) is 17.8 Å². The lowest BCUT2D eigenvalue weighted by atomic mass is 9.89. The molecule has 2 rings (SSSR count). The molecule has 1 aromatic heterocycles. The van der Waals surface area contributed by atoms with Crippen LogP contribution >= 0.6 is 11.6 Å². The zero-order chi connectivity index (χ0) is 12.6. The van der Waals surface area contributed by atoms with Crippen molar-refractivity contribution in [3.8, 4) is 5.75 Å². The number of halogens is 1. The summed E-state index contributed by atoms with van der Waals surface area (Å²) < 4.78 is 5.30. The van der Waals surface area contributed by atoms with Gasteiger partial charge in [-0.05, 0) is 12.1 Å². The first-order valence-corrected chi connectivity index (χ1v) is 5.80. The molecule has 3 nitrogen and oxygen atoms in total. The van der Waals surface area contributed by atoms with Crippen LogP contribution in [0, 0.1) is 0 Å². The number of rotatable bonds is 1. The zero-order valence-corrected chi connectivity index (χ0v) is 11.2. The third-order valence-corrected chi connectivity index (χ3v) is 2.95. The summed E-state index contributed by atoms with van der Waals surface area (Å²) in [5.41, 5.74) is 1.61. The Morgan fingerprint density at radius 2 is 1.88 bits per heavy atom. The summed E-state index contributed by atoms with van der Waals surface area (Å²) in [7, 11) is 1.63. The van der Waals surface area contributed by atoms with Crippen LogP contribution in [-0.2, 0) is 5.41 Å². The molecular weight excluding hydrogens is 236 g/mol. The van der Waals surface area contributed by atoms with E-state index in [-0.39, 0.29) is 5.41 Å². The molecule has 90 valence electrons. The monoisotopic (exact) mass is 250 g/mol. The van der Waals surface area contributed by atoms with Crippen LogP contribution in [0.2, 0.25) is 5.02 Å². The van der Waals surface area contributed by atoms with Crippen LogP contribution in [-0.4, -0.2) is 17.1 Å². The molecule has 0 atom stereocenters. The molecule has 0 saturated heterocycles. The minimum Gasteiger partial charge on any atom is -0.494 e. The lowest BCUT2D eigenvalue weighted by Gasteiger charge is -2.20. The average molecular weight is 251 g/mol. The van der Waals surface area contributed by atoms with E-state index in [9.17, 15) is 0 Å². The third-order valence-electron chi connectivity index (χ3n) is 2.63. The molecule has 1 heterocycles. The second-order valence-corrected chi connectivity index (χ2v) is 5.35. The first-order valence-electron chi connectivity index (χ1n) is 5.43. The van der Waals surface area contributed by atoms with Crippen molar-refractivity contribution < 1.29 is 4.74 Å². The van der Waals surface area contributed by atoms with E-state index in [0.29, 0.717) is 5.02 Å². The fraction of sp³-hybridized carbons (Fsp3) is 0.385. The van der Waals surface area contributed by atoms with Crippen molar-refractivity contribution >= 4 is 22.5 Å². The summed E-state index contributed by atoms with van der Waals surface area (Å²) in [4.78, 5) is 8.63.